The van der Waals surface area contributed by atoms with E-state index in [4.69, 9.17) is 4.74 Å². The zero-order chi connectivity index (χ0) is 14.9. The third-order valence-corrected chi connectivity index (χ3v) is 4.56. The van der Waals surface area contributed by atoms with Crippen LogP contribution in [0.15, 0.2) is 0 Å². The van der Waals surface area contributed by atoms with Crippen LogP contribution in [-0.2, 0) is 14.3 Å². The van der Waals surface area contributed by atoms with Crippen molar-refractivity contribution < 1.29 is 14.3 Å². The van der Waals surface area contributed by atoms with Gasteiger partial charge in [0, 0.05) is 13.7 Å². The number of ether oxygens (including phenoxy) is 1. The van der Waals surface area contributed by atoms with Crippen molar-refractivity contribution in [3.05, 3.63) is 0 Å². The van der Waals surface area contributed by atoms with Gasteiger partial charge >= 0.3 is 0 Å². The Morgan fingerprint density at radius 3 is 2.55 bits per heavy atom. The quantitative estimate of drug-likeness (QED) is 0.780. The number of rotatable bonds is 4. The molecule has 2 fully saturated rings. The van der Waals surface area contributed by atoms with Crippen molar-refractivity contribution in [2.45, 2.75) is 58.2 Å². The summed E-state index contributed by atoms with van der Waals surface area (Å²) in [6.45, 7) is 7.19. The number of carbonyl (C=O) groups is 2. The number of piperazine rings is 1. The van der Waals surface area contributed by atoms with Crippen LogP contribution in [0.1, 0.15) is 40.0 Å². The van der Waals surface area contributed by atoms with Gasteiger partial charge in [-0.05, 0) is 32.1 Å². The summed E-state index contributed by atoms with van der Waals surface area (Å²) in [6.07, 6.45) is 2.83. The van der Waals surface area contributed by atoms with Gasteiger partial charge in [-0.1, -0.05) is 13.8 Å². The topological polar surface area (TPSA) is 49.9 Å². The van der Waals surface area contributed by atoms with Crippen molar-refractivity contribution in [3.8, 4) is 0 Å². The molecule has 2 rings (SSSR count). The number of carbonyl (C=O) groups excluding carboxylic acids is 2. The molecule has 2 heterocycles. The summed E-state index contributed by atoms with van der Waals surface area (Å²) in [5, 5.41) is 0. The van der Waals surface area contributed by atoms with Crippen LogP contribution in [0.4, 0.5) is 0 Å². The molecule has 0 saturated carbocycles. The van der Waals surface area contributed by atoms with Crippen molar-refractivity contribution in [3.63, 3.8) is 0 Å². The predicted octanol–water partition coefficient (Wildman–Crippen LogP) is 1.27. The molecule has 0 aromatic carbocycles. The number of piperidine rings is 1. The molecule has 0 spiro atoms. The molecule has 0 radical (unpaired) electrons. The Morgan fingerprint density at radius 1 is 1.25 bits per heavy atom. The molecule has 20 heavy (non-hydrogen) atoms. The third kappa shape index (κ3) is 2.55. The van der Waals surface area contributed by atoms with Gasteiger partial charge in [0.25, 0.3) is 0 Å². The highest BCUT2D eigenvalue weighted by atomic mass is 16.5. The van der Waals surface area contributed by atoms with E-state index < -0.39 is 0 Å². The summed E-state index contributed by atoms with van der Waals surface area (Å²) < 4.78 is 5.27. The summed E-state index contributed by atoms with van der Waals surface area (Å²) in [5.41, 5.74) is 0. The van der Waals surface area contributed by atoms with E-state index in [0.717, 1.165) is 25.8 Å². The first kappa shape index (κ1) is 15.3. The Morgan fingerprint density at radius 2 is 1.95 bits per heavy atom. The van der Waals surface area contributed by atoms with Crippen LogP contribution in [0.2, 0.25) is 0 Å². The highest BCUT2D eigenvalue weighted by Crippen LogP contribution is 2.29. The zero-order valence-electron chi connectivity index (χ0n) is 13.0. The van der Waals surface area contributed by atoms with E-state index in [2.05, 4.69) is 13.8 Å². The van der Waals surface area contributed by atoms with E-state index in [9.17, 15) is 9.59 Å². The fourth-order valence-electron chi connectivity index (χ4n) is 3.39. The maximum absolute atomic E-state index is 12.8. The fourth-order valence-corrected chi connectivity index (χ4v) is 3.39. The van der Waals surface area contributed by atoms with Crippen LogP contribution in [0.3, 0.4) is 0 Å². The highest BCUT2D eigenvalue weighted by Gasteiger charge is 2.47. The van der Waals surface area contributed by atoms with Gasteiger partial charge in [-0.3, -0.25) is 9.59 Å². The maximum Gasteiger partial charge on any atom is 0.246 e. The van der Waals surface area contributed by atoms with Crippen LogP contribution in [0, 0.1) is 5.92 Å². The molecule has 114 valence electrons. The molecule has 3 unspecified atom stereocenters. The van der Waals surface area contributed by atoms with E-state index in [1.54, 1.807) is 16.9 Å². The van der Waals surface area contributed by atoms with Gasteiger partial charge in [0.2, 0.25) is 11.8 Å². The molecule has 5 heteroatoms. The average Bonchev–Trinajstić information content (AvgIpc) is 2.44. The molecular weight excluding hydrogens is 256 g/mol. The second kappa shape index (κ2) is 6.12. The summed E-state index contributed by atoms with van der Waals surface area (Å²) in [7, 11) is 1.64. The van der Waals surface area contributed by atoms with E-state index in [1.807, 2.05) is 6.92 Å². The highest BCUT2D eigenvalue weighted by molar-refractivity contribution is 5.97. The van der Waals surface area contributed by atoms with Gasteiger partial charge in [0.05, 0.1) is 12.6 Å². The second-order valence-corrected chi connectivity index (χ2v) is 6.23. The molecular formula is C15H26N2O3. The predicted molar refractivity (Wildman–Crippen MR) is 76.2 cm³/mol. The lowest BCUT2D eigenvalue weighted by molar-refractivity contribution is -0.168. The van der Waals surface area contributed by atoms with Gasteiger partial charge in [0.15, 0.2) is 0 Å². The second-order valence-electron chi connectivity index (χ2n) is 6.23. The van der Waals surface area contributed by atoms with Crippen LogP contribution in [0.25, 0.3) is 0 Å². The Kier molecular flexibility index (Phi) is 4.68. The Labute approximate surface area is 121 Å². The first-order valence-electron chi connectivity index (χ1n) is 7.60. The largest absolute Gasteiger partial charge is 0.383 e. The lowest BCUT2D eigenvalue weighted by Crippen LogP contribution is -2.68. The Bertz CT molecular complexity index is 383. The molecule has 0 N–H and O–H groups in total. The molecule has 2 aliphatic heterocycles. The normalized spacial score (nSPS) is 28.9. The molecule has 2 saturated heterocycles. The van der Waals surface area contributed by atoms with Gasteiger partial charge in [0.1, 0.15) is 12.1 Å². The smallest absolute Gasteiger partial charge is 0.246 e. The Hall–Kier alpha value is -1.10. The van der Waals surface area contributed by atoms with Crippen molar-refractivity contribution >= 4 is 11.8 Å². The van der Waals surface area contributed by atoms with Gasteiger partial charge in [-0.2, -0.15) is 0 Å². The standard InChI is InChI=1S/C15H26N2O3/c1-10(2)13(9-20-4)17-11(3)14(18)16-8-6-5-7-12(16)15(17)19/h10-13H,5-9H2,1-4H3. The number of methoxy groups -OCH3 is 1. The van der Waals surface area contributed by atoms with Crippen molar-refractivity contribution in [2.75, 3.05) is 20.3 Å². The molecule has 0 aromatic rings. The summed E-state index contributed by atoms with van der Waals surface area (Å²) >= 11 is 0. The number of hydrogen-bond acceptors (Lipinski definition) is 3. The van der Waals surface area contributed by atoms with Gasteiger partial charge in [-0.15, -0.1) is 0 Å². The van der Waals surface area contributed by atoms with Crippen molar-refractivity contribution in [1.82, 2.24) is 9.80 Å². The van der Waals surface area contributed by atoms with Crippen LogP contribution < -0.4 is 0 Å². The first-order chi connectivity index (χ1) is 9.49. The van der Waals surface area contributed by atoms with Crippen LogP contribution in [-0.4, -0.2) is 60.0 Å². The van der Waals surface area contributed by atoms with E-state index in [0.29, 0.717) is 6.61 Å². The Balaban J connectivity index is 2.27. The van der Waals surface area contributed by atoms with E-state index >= 15 is 0 Å². The molecule has 5 nitrogen and oxygen atoms in total. The molecule has 2 amide bonds. The minimum Gasteiger partial charge on any atom is -0.383 e. The lowest BCUT2D eigenvalue weighted by atomic mass is 9.92. The molecule has 0 bridgehead atoms. The van der Waals surface area contributed by atoms with Crippen molar-refractivity contribution in [1.29, 1.82) is 0 Å². The molecule has 0 aliphatic carbocycles. The third-order valence-electron chi connectivity index (χ3n) is 4.56. The molecule has 3 atom stereocenters. The number of amides is 2. The molecule has 0 aromatic heterocycles. The zero-order valence-corrected chi connectivity index (χ0v) is 13.0. The van der Waals surface area contributed by atoms with Crippen LogP contribution >= 0.6 is 0 Å². The number of fused-ring (bicyclic) bond motifs is 1. The van der Waals surface area contributed by atoms with Crippen molar-refractivity contribution in [2.24, 2.45) is 5.92 Å². The average molecular weight is 282 g/mol. The molecule has 2 aliphatic rings. The van der Waals surface area contributed by atoms with E-state index in [1.165, 1.54) is 0 Å². The minimum absolute atomic E-state index is 0.0319. The minimum atomic E-state index is -0.376. The van der Waals surface area contributed by atoms with Crippen LogP contribution in [0.5, 0.6) is 0 Å². The first-order valence-corrected chi connectivity index (χ1v) is 7.60. The van der Waals surface area contributed by atoms with Gasteiger partial charge in [-0.25, -0.2) is 0 Å². The SMILES string of the molecule is COCC(C(C)C)N1C(=O)C2CCCCN2C(=O)C1C. The number of hydrogen-bond donors (Lipinski definition) is 0. The lowest BCUT2D eigenvalue weighted by Gasteiger charge is -2.49. The monoisotopic (exact) mass is 282 g/mol. The van der Waals surface area contributed by atoms with E-state index in [-0.39, 0.29) is 35.9 Å². The summed E-state index contributed by atoms with van der Waals surface area (Å²) in [6, 6.07) is -0.652. The fraction of sp³-hybridized carbons (Fsp3) is 0.867. The summed E-state index contributed by atoms with van der Waals surface area (Å²) in [4.78, 5) is 28.9. The van der Waals surface area contributed by atoms with Gasteiger partial charge < -0.3 is 14.5 Å². The maximum atomic E-state index is 12.8. The number of nitrogens with zero attached hydrogens (tertiary/aromatic N) is 2. The summed E-state index contributed by atoms with van der Waals surface area (Å²) in [5.74, 6) is 0.466.